The maximum atomic E-state index is 5.59. The Kier molecular flexibility index (Phi) is 4.93. The fourth-order valence-corrected chi connectivity index (χ4v) is 3.21. The summed E-state index contributed by atoms with van der Waals surface area (Å²) in [4.78, 5) is 6.86. The first-order valence-corrected chi connectivity index (χ1v) is 7.95. The van der Waals surface area contributed by atoms with E-state index in [4.69, 9.17) is 9.47 Å². The largest absolute Gasteiger partial charge is 0.379 e. The van der Waals surface area contributed by atoms with Gasteiger partial charge in [0, 0.05) is 20.2 Å². The van der Waals surface area contributed by atoms with Gasteiger partial charge in [-0.2, -0.15) is 0 Å². The van der Waals surface area contributed by atoms with Crippen LogP contribution in [0.25, 0.3) is 0 Å². The Hall–Kier alpha value is -1.33. The fourth-order valence-electron chi connectivity index (χ4n) is 3.21. The van der Waals surface area contributed by atoms with Crippen LogP contribution in [0.15, 0.2) is 18.3 Å². The molecule has 1 saturated heterocycles. The van der Waals surface area contributed by atoms with E-state index in [1.54, 1.807) is 0 Å². The van der Waals surface area contributed by atoms with Crippen LogP contribution >= 0.6 is 0 Å². The summed E-state index contributed by atoms with van der Waals surface area (Å²) >= 11 is 0. The Bertz CT molecular complexity index is 432. The molecule has 1 aliphatic carbocycles. The number of methoxy groups -OCH3 is 1. The monoisotopic (exact) mass is 291 g/mol. The molecular formula is C16H25N3O2. The van der Waals surface area contributed by atoms with Crippen molar-refractivity contribution in [1.29, 1.82) is 0 Å². The summed E-state index contributed by atoms with van der Waals surface area (Å²) in [5.41, 5.74) is 1.08. The van der Waals surface area contributed by atoms with Crippen molar-refractivity contribution >= 4 is 11.5 Å². The lowest BCUT2D eigenvalue weighted by molar-refractivity contribution is 0.0606. The average molecular weight is 291 g/mol. The Balaban J connectivity index is 1.61. The van der Waals surface area contributed by atoms with Crippen LogP contribution in [0.5, 0.6) is 0 Å². The summed E-state index contributed by atoms with van der Waals surface area (Å²) in [5, 5.41) is 3.58. The number of ether oxygens (including phenoxy) is 2. The van der Waals surface area contributed by atoms with Crippen LogP contribution in [0, 0.1) is 0 Å². The molecule has 21 heavy (non-hydrogen) atoms. The molecule has 2 fully saturated rings. The quantitative estimate of drug-likeness (QED) is 0.922. The van der Waals surface area contributed by atoms with Crippen LogP contribution < -0.4 is 10.2 Å². The van der Waals surface area contributed by atoms with Gasteiger partial charge in [-0.3, -0.25) is 0 Å². The number of aromatic nitrogens is 1. The van der Waals surface area contributed by atoms with Gasteiger partial charge in [-0.05, 0) is 25.0 Å². The molecule has 0 spiro atoms. The molecule has 116 valence electrons. The van der Waals surface area contributed by atoms with Gasteiger partial charge in [0.25, 0.3) is 0 Å². The smallest absolute Gasteiger partial charge is 0.128 e. The highest BCUT2D eigenvalue weighted by atomic mass is 16.5. The molecule has 1 aliphatic heterocycles. The third-order valence-corrected chi connectivity index (χ3v) is 4.44. The molecule has 1 N–H and O–H groups in total. The van der Waals surface area contributed by atoms with Gasteiger partial charge in [-0.15, -0.1) is 0 Å². The standard InChI is InChI=1S/C16H25N3O2/c1-20-15-5-3-2-4-14(15)18-13-6-7-16(17-12-13)19-8-10-21-11-9-19/h6-7,12,14-15,18H,2-5,8-11H2,1H3. The first-order valence-electron chi connectivity index (χ1n) is 7.95. The molecule has 1 aromatic rings. The van der Waals surface area contributed by atoms with Gasteiger partial charge in [0.1, 0.15) is 5.82 Å². The zero-order valence-electron chi connectivity index (χ0n) is 12.8. The third kappa shape index (κ3) is 3.66. The number of rotatable bonds is 4. The van der Waals surface area contributed by atoms with E-state index in [2.05, 4.69) is 27.3 Å². The topological polar surface area (TPSA) is 46.6 Å². The Morgan fingerprint density at radius 2 is 2.05 bits per heavy atom. The van der Waals surface area contributed by atoms with Gasteiger partial charge in [0.2, 0.25) is 0 Å². The summed E-state index contributed by atoms with van der Waals surface area (Å²) in [7, 11) is 1.81. The van der Waals surface area contributed by atoms with Gasteiger partial charge in [-0.25, -0.2) is 4.98 Å². The predicted octanol–water partition coefficient (Wildman–Crippen LogP) is 2.29. The van der Waals surface area contributed by atoms with Crippen LogP contribution in [0.4, 0.5) is 11.5 Å². The highest BCUT2D eigenvalue weighted by molar-refractivity contribution is 5.49. The summed E-state index contributed by atoms with van der Waals surface area (Å²) in [6.07, 6.45) is 7.11. The maximum absolute atomic E-state index is 5.59. The highest BCUT2D eigenvalue weighted by Crippen LogP contribution is 2.24. The van der Waals surface area contributed by atoms with Crippen LogP contribution in [0.3, 0.4) is 0 Å². The molecule has 3 rings (SSSR count). The number of nitrogens with one attached hydrogen (secondary N) is 1. The highest BCUT2D eigenvalue weighted by Gasteiger charge is 2.24. The number of nitrogens with zero attached hydrogens (tertiary/aromatic N) is 2. The second-order valence-electron chi connectivity index (χ2n) is 5.81. The van der Waals surface area contributed by atoms with Crippen molar-refractivity contribution in [2.75, 3.05) is 43.6 Å². The Labute approximate surface area is 126 Å². The van der Waals surface area contributed by atoms with E-state index < -0.39 is 0 Å². The normalized spacial score (nSPS) is 26.6. The van der Waals surface area contributed by atoms with Crippen molar-refractivity contribution in [3.8, 4) is 0 Å². The molecule has 1 saturated carbocycles. The molecule has 0 amide bonds. The SMILES string of the molecule is COC1CCCCC1Nc1ccc(N2CCOCC2)nc1. The van der Waals surface area contributed by atoms with Gasteiger partial charge in [0.15, 0.2) is 0 Å². The van der Waals surface area contributed by atoms with Crippen molar-refractivity contribution in [3.05, 3.63) is 18.3 Å². The molecule has 2 atom stereocenters. The van der Waals surface area contributed by atoms with Crippen LogP contribution in [0.2, 0.25) is 0 Å². The van der Waals surface area contributed by atoms with E-state index >= 15 is 0 Å². The van der Waals surface area contributed by atoms with Crippen molar-refractivity contribution < 1.29 is 9.47 Å². The van der Waals surface area contributed by atoms with Crippen molar-refractivity contribution in [1.82, 2.24) is 4.98 Å². The van der Waals surface area contributed by atoms with Gasteiger partial charge < -0.3 is 19.7 Å². The van der Waals surface area contributed by atoms with Gasteiger partial charge in [0.05, 0.1) is 37.2 Å². The molecule has 0 radical (unpaired) electrons. The minimum atomic E-state index is 0.317. The lowest BCUT2D eigenvalue weighted by atomic mass is 9.92. The van der Waals surface area contributed by atoms with E-state index in [0.717, 1.165) is 44.2 Å². The lowest BCUT2D eigenvalue weighted by Gasteiger charge is -2.32. The molecule has 1 aromatic heterocycles. The zero-order valence-corrected chi connectivity index (χ0v) is 12.8. The van der Waals surface area contributed by atoms with Crippen molar-refractivity contribution in [2.24, 2.45) is 0 Å². The summed E-state index contributed by atoms with van der Waals surface area (Å²) in [6.45, 7) is 3.43. The number of hydrogen-bond donors (Lipinski definition) is 1. The van der Waals surface area contributed by atoms with E-state index in [1.165, 1.54) is 19.3 Å². The van der Waals surface area contributed by atoms with Crippen molar-refractivity contribution in [2.45, 2.75) is 37.8 Å². The number of anilines is 2. The zero-order chi connectivity index (χ0) is 14.5. The van der Waals surface area contributed by atoms with Gasteiger partial charge in [-0.1, -0.05) is 12.8 Å². The van der Waals surface area contributed by atoms with Crippen LogP contribution in [-0.4, -0.2) is 50.5 Å². The first kappa shape index (κ1) is 14.6. The summed E-state index contributed by atoms with van der Waals surface area (Å²) in [5.74, 6) is 1.04. The second-order valence-corrected chi connectivity index (χ2v) is 5.81. The average Bonchev–Trinajstić information content (AvgIpc) is 2.57. The summed E-state index contributed by atoms with van der Waals surface area (Å²) in [6, 6.07) is 4.62. The van der Waals surface area contributed by atoms with E-state index in [0.29, 0.717) is 12.1 Å². The molecular weight excluding hydrogens is 266 g/mol. The summed E-state index contributed by atoms with van der Waals surface area (Å²) < 4.78 is 11.0. The number of hydrogen-bond acceptors (Lipinski definition) is 5. The number of morpholine rings is 1. The molecule has 5 heteroatoms. The van der Waals surface area contributed by atoms with Crippen LogP contribution in [-0.2, 0) is 9.47 Å². The Morgan fingerprint density at radius 1 is 1.24 bits per heavy atom. The van der Waals surface area contributed by atoms with Crippen LogP contribution in [0.1, 0.15) is 25.7 Å². The molecule has 0 aromatic carbocycles. The van der Waals surface area contributed by atoms with Gasteiger partial charge >= 0.3 is 0 Å². The minimum Gasteiger partial charge on any atom is -0.379 e. The molecule has 2 heterocycles. The van der Waals surface area contributed by atoms with E-state index in [-0.39, 0.29) is 0 Å². The molecule has 0 bridgehead atoms. The second kappa shape index (κ2) is 7.09. The fraction of sp³-hybridized carbons (Fsp3) is 0.688. The van der Waals surface area contributed by atoms with Crippen molar-refractivity contribution in [3.63, 3.8) is 0 Å². The van der Waals surface area contributed by atoms with E-state index in [9.17, 15) is 0 Å². The predicted molar refractivity (Wildman–Crippen MR) is 83.9 cm³/mol. The number of pyridine rings is 1. The maximum Gasteiger partial charge on any atom is 0.128 e. The molecule has 2 aliphatic rings. The third-order valence-electron chi connectivity index (χ3n) is 4.44. The minimum absolute atomic E-state index is 0.317. The molecule has 5 nitrogen and oxygen atoms in total. The Morgan fingerprint density at radius 3 is 2.76 bits per heavy atom. The first-order chi connectivity index (χ1) is 10.4. The molecule has 2 unspecified atom stereocenters. The van der Waals surface area contributed by atoms with E-state index in [1.807, 2.05) is 13.3 Å². The lowest BCUT2D eigenvalue weighted by Crippen LogP contribution is -2.38.